The number of allylic oxidation sites excluding steroid dienone is 1. The summed E-state index contributed by atoms with van der Waals surface area (Å²) in [5.41, 5.74) is 2.82. The zero-order chi connectivity index (χ0) is 7.98. The minimum atomic E-state index is 0. The molecular weight excluding hydrogens is 158 g/mol. The SMILES string of the molecule is C=CCNCC(C)=C(C)C.Cl. The average Bonchev–Trinajstić information content (AvgIpc) is 1.88. The lowest BCUT2D eigenvalue weighted by Crippen LogP contribution is -2.16. The van der Waals surface area contributed by atoms with Crippen LogP contribution in [0, 0.1) is 0 Å². The number of hydrogen-bond donors (Lipinski definition) is 1. The van der Waals surface area contributed by atoms with Crippen molar-refractivity contribution >= 4 is 12.4 Å². The Morgan fingerprint density at radius 2 is 1.91 bits per heavy atom. The summed E-state index contributed by atoms with van der Waals surface area (Å²) in [5.74, 6) is 0. The third-order valence-corrected chi connectivity index (χ3v) is 1.53. The maximum absolute atomic E-state index is 3.62. The Labute approximate surface area is 76.0 Å². The van der Waals surface area contributed by atoms with Gasteiger partial charge < -0.3 is 5.32 Å². The van der Waals surface area contributed by atoms with Gasteiger partial charge in [-0.25, -0.2) is 0 Å². The Balaban J connectivity index is 0. The quantitative estimate of drug-likeness (QED) is 0.512. The monoisotopic (exact) mass is 175 g/mol. The largest absolute Gasteiger partial charge is 0.310 e. The van der Waals surface area contributed by atoms with E-state index in [1.54, 1.807) is 0 Å². The summed E-state index contributed by atoms with van der Waals surface area (Å²) >= 11 is 0. The molecule has 0 amide bonds. The first-order valence-electron chi connectivity index (χ1n) is 3.63. The van der Waals surface area contributed by atoms with E-state index in [1.807, 2.05) is 6.08 Å². The fraction of sp³-hybridized carbons (Fsp3) is 0.556. The molecule has 1 N–H and O–H groups in total. The highest BCUT2D eigenvalue weighted by atomic mass is 35.5. The third-order valence-electron chi connectivity index (χ3n) is 1.53. The molecule has 0 aromatic heterocycles. The molecule has 11 heavy (non-hydrogen) atoms. The van der Waals surface area contributed by atoms with Crippen molar-refractivity contribution in [3.8, 4) is 0 Å². The maximum Gasteiger partial charge on any atom is 0.0167 e. The Morgan fingerprint density at radius 1 is 1.36 bits per heavy atom. The highest BCUT2D eigenvalue weighted by molar-refractivity contribution is 5.85. The summed E-state index contributed by atoms with van der Waals surface area (Å²) < 4.78 is 0. The van der Waals surface area contributed by atoms with Crippen LogP contribution in [-0.4, -0.2) is 13.1 Å². The lowest BCUT2D eigenvalue weighted by molar-refractivity contribution is 0.808. The molecule has 0 atom stereocenters. The molecule has 0 bridgehead atoms. The summed E-state index contributed by atoms with van der Waals surface area (Å²) in [6, 6.07) is 0. The Morgan fingerprint density at radius 3 is 2.27 bits per heavy atom. The van der Waals surface area contributed by atoms with Gasteiger partial charge in [0.15, 0.2) is 0 Å². The molecule has 0 aliphatic carbocycles. The Hall–Kier alpha value is -0.270. The number of rotatable bonds is 4. The second-order valence-corrected chi connectivity index (χ2v) is 2.70. The van der Waals surface area contributed by atoms with E-state index in [2.05, 4.69) is 32.7 Å². The van der Waals surface area contributed by atoms with Crippen molar-refractivity contribution in [3.63, 3.8) is 0 Å². The van der Waals surface area contributed by atoms with Crippen LogP contribution >= 0.6 is 12.4 Å². The first-order chi connectivity index (χ1) is 4.68. The average molecular weight is 176 g/mol. The van der Waals surface area contributed by atoms with Crippen molar-refractivity contribution in [1.29, 1.82) is 0 Å². The molecule has 0 aromatic rings. The van der Waals surface area contributed by atoms with Crippen LogP contribution in [0.5, 0.6) is 0 Å². The molecular formula is C9H18ClN. The second kappa shape index (κ2) is 7.83. The first kappa shape index (κ1) is 13.3. The minimum absolute atomic E-state index is 0. The Kier molecular flexibility index (Phi) is 9.49. The molecule has 66 valence electrons. The highest BCUT2D eigenvalue weighted by Crippen LogP contribution is 1.98. The molecule has 0 unspecified atom stereocenters. The van der Waals surface area contributed by atoms with E-state index in [0.717, 1.165) is 13.1 Å². The summed E-state index contributed by atoms with van der Waals surface area (Å²) in [6.07, 6.45) is 1.87. The zero-order valence-corrected chi connectivity index (χ0v) is 8.42. The number of halogens is 1. The smallest absolute Gasteiger partial charge is 0.0167 e. The van der Waals surface area contributed by atoms with Crippen LogP contribution in [0.1, 0.15) is 20.8 Å². The van der Waals surface area contributed by atoms with Crippen LogP contribution in [0.4, 0.5) is 0 Å². The molecule has 2 heteroatoms. The molecule has 0 radical (unpaired) electrons. The van der Waals surface area contributed by atoms with Gasteiger partial charge in [-0.15, -0.1) is 19.0 Å². The molecule has 0 saturated heterocycles. The molecule has 0 spiro atoms. The van der Waals surface area contributed by atoms with Crippen LogP contribution in [-0.2, 0) is 0 Å². The van der Waals surface area contributed by atoms with Gasteiger partial charge in [-0.2, -0.15) is 0 Å². The Bertz CT molecular complexity index is 134. The number of nitrogens with one attached hydrogen (secondary N) is 1. The van der Waals surface area contributed by atoms with E-state index in [1.165, 1.54) is 11.1 Å². The van der Waals surface area contributed by atoms with Gasteiger partial charge in [-0.3, -0.25) is 0 Å². The standard InChI is InChI=1S/C9H17N.ClH/c1-5-6-10-7-9(4)8(2)3;/h5,10H,1,6-7H2,2-4H3;1H. The van der Waals surface area contributed by atoms with E-state index in [9.17, 15) is 0 Å². The van der Waals surface area contributed by atoms with Crippen molar-refractivity contribution in [3.05, 3.63) is 23.8 Å². The molecule has 0 aliphatic heterocycles. The van der Waals surface area contributed by atoms with Crippen molar-refractivity contribution < 1.29 is 0 Å². The summed E-state index contributed by atoms with van der Waals surface area (Å²) in [6.45, 7) is 11.9. The molecule has 0 aromatic carbocycles. The maximum atomic E-state index is 3.62. The van der Waals surface area contributed by atoms with Gasteiger partial charge in [0.2, 0.25) is 0 Å². The molecule has 0 fully saturated rings. The lowest BCUT2D eigenvalue weighted by Gasteiger charge is -2.03. The van der Waals surface area contributed by atoms with Gasteiger partial charge in [-0.05, 0) is 20.8 Å². The van der Waals surface area contributed by atoms with E-state index in [0.29, 0.717) is 0 Å². The molecule has 0 rings (SSSR count). The molecule has 0 aliphatic rings. The molecule has 0 saturated carbocycles. The summed E-state index contributed by atoms with van der Waals surface area (Å²) in [7, 11) is 0. The van der Waals surface area contributed by atoms with E-state index >= 15 is 0 Å². The van der Waals surface area contributed by atoms with Crippen LogP contribution in [0.2, 0.25) is 0 Å². The van der Waals surface area contributed by atoms with E-state index in [-0.39, 0.29) is 12.4 Å². The minimum Gasteiger partial charge on any atom is -0.310 e. The van der Waals surface area contributed by atoms with Crippen molar-refractivity contribution in [2.45, 2.75) is 20.8 Å². The molecule has 0 heterocycles. The van der Waals surface area contributed by atoms with Crippen LogP contribution in [0.15, 0.2) is 23.8 Å². The predicted octanol–water partition coefficient (Wildman–Crippen LogP) is 2.54. The lowest BCUT2D eigenvalue weighted by atomic mass is 10.2. The van der Waals surface area contributed by atoms with E-state index < -0.39 is 0 Å². The third kappa shape index (κ3) is 7.63. The normalized spacial score (nSPS) is 8.27. The van der Waals surface area contributed by atoms with Crippen molar-refractivity contribution in [2.75, 3.05) is 13.1 Å². The van der Waals surface area contributed by atoms with Crippen molar-refractivity contribution in [1.82, 2.24) is 5.32 Å². The zero-order valence-electron chi connectivity index (χ0n) is 7.61. The predicted molar refractivity (Wildman–Crippen MR) is 54.4 cm³/mol. The van der Waals surface area contributed by atoms with Gasteiger partial charge >= 0.3 is 0 Å². The van der Waals surface area contributed by atoms with Crippen LogP contribution in [0.3, 0.4) is 0 Å². The highest BCUT2D eigenvalue weighted by Gasteiger charge is 1.88. The number of hydrogen-bond acceptors (Lipinski definition) is 1. The fourth-order valence-electron chi connectivity index (χ4n) is 0.539. The van der Waals surface area contributed by atoms with Gasteiger partial charge in [-0.1, -0.05) is 17.2 Å². The first-order valence-corrected chi connectivity index (χ1v) is 3.63. The topological polar surface area (TPSA) is 12.0 Å². The van der Waals surface area contributed by atoms with Gasteiger partial charge in [0, 0.05) is 13.1 Å². The van der Waals surface area contributed by atoms with Gasteiger partial charge in [0.25, 0.3) is 0 Å². The van der Waals surface area contributed by atoms with Gasteiger partial charge in [0.05, 0.1) is 0 Å². The fourth-order valence-corrected chi connectivity index (χ4v) is 0.539. The van der Waals surface area contributed by atoms with Crippen LogP contribution in [0.25, 0.3) is 0 Å². The second-order valence-electron chi connectivity index (χ2n) is 2.70. The summed E-state index contributed by atoms with van der Waals surface area (Å²) in [4.78, 5) is 0. The van der Waals surface area contributed by atoms with Gasteiger partial charge in [0.1, 0.15) is 0 Å². The van der Waals surface area contributed by atoms with Crippen LogP contribution < -0.4 is 5.32 Å². The summed E-state index contributed by atoms with van der Waals surface area (Å²) in [5, 5.41) is 3.24. The van der Waals surface area contributed by atoms with E-state index in [4.69, 9.17) is 0 Å². The van der Waals surface area contributed by atoms with Crippen molar-refractivity contribution in [2.24, 2.45) is 0 Å². The molecule has 1 nitrogen and oxygen atoms in total.